The Morgan fingerprint density at radius 1 is 0.544 bits per heavy atom. The molecule has 14 heteroatoms. The molecule has 0 aliphatic heterocycles. The van der Waals surface area contributed by atoms with Gasteiger partial charge < -0.3 is 39.9 Å². The monoisotopic (exact) mass is 830 g/mol. The van der Waals surface area contributed by atoms with Crippen LogP contribution < -0.4 is 0 Å². The van der Waals surface area contributed by atoms with E-state index in [0.717, 1.165) is 96.3 Å². The highest BCUT2D eigenvalue weighted by atomic mass is 31.2. The van der Waals surface area contributed by atoms with Gasteiger partial charge in [-0.15, -0.1) is 0 Å². The molecule has 6 atom stereocenters. The summed E-state index contributed by atoms with van der Waals surface area (Å²) in [6.07, 6.45) is 24.6. The number of hydrogen-bond donors (Lipinski definition) is 6. The summed E-state index contributed by atoms with van der Waals surface area (Å²) < 4.78 is 33.4. The van der Waals surface area contributed by atoms with Crippen LogP contribution in [0.4, 0.5) is 0 Å². The number of carbonyl (C=O) groups is 2. The fraction of sp³-hybridized carbons (Fsp3) is 0.767. The van der Waals surface area contributed by atoms with Crippen LogP contribution in [-0.4, -0.2) is 98.3 Å². The maximum Gasteiger partial charge on any atom is 0.472 e. The predicted octanol–water partition coefficient (Wildman–Crippen LogP) is 7.61. The Labute approximate surface area is 341 Å². The fourth-order valence-corrected chi connectivity index (χ4v) is 7.09. The molecule has 1 rings (SSSR count). The smallest absolute Gasteiger partial charge is 0.462 e. The maximum absolute atomic E-state index is 12.8. The Hall–Kier alpha value is -2.19. The molecular formula is C43H75O13P. The minimum Gasteiger partial charge on any atom is -0.462 e. The Balaban J connectivity index is 2.52. The molecule has 0 aromatic rings. The molecule has 57 heavy (non-hydrogen) atoms. The van der Waals surface area contributed by atoms with Gasteiger partial charge in [0.1, 0.15) is 43.2 Å². The van der Waals surface area contributed by atoms with Gasteiger partial charge in [-0.1, -0.05) is 120 Å². The predicted molar refractivity (Wildman–Crippen MR) is 221 cm³/mol. The van der Waals surface area contributed by atoms with Crippen molar-refractivity contribution in [3.05, 3.63) is 48.6 Å². The second kappa shape index (κ2) is 33.6. The first kappa shape index (κ1) is 52.8. The molecule has 0 aromatic carbocycles. The van der Waals surface area contributed by atoms with Crippen molar-refractivity contribution in [1.82, 2.24) is 0 Å². The maximum atomic E-state index is 12.8. The lowest BCUT2D eigenvalue weighted by molar-refractivity contribution is -0.220. The van der Waals surface area contributed by atoms with Gasteiger partial charge in [0.25, 0.3) is 0 Å². The summed E-state index contributed by atoms with van der Waals surface area (Å²) in [5.74, 6) is -1.14. The van der Waals surface area contributed by atoms with E-state index in [1.807, 2.05) is 0 Å². The van der Waals surface area contributed by atoms with E-state index in [-0.39, 0.29) is 12.8 Å². The lowest BCUT2D eigenvalue weighted by atomic mass is 9.85. The van der Waals surface area contributed by atoms with Gasteiger partial charge in [0.2, 0.25) is 0 Å². The van der Waals surface area contributed by atoms with E-state index in [2.05, 4.69) is 62.5 Å². The number of esters is 2. The number of aliphatic hydroxyl groups is 5. The molecule has 1 aliphatic rings. The second-order valence-electron chi connectivity index (χ2n) is 14.8. The van der Waals surface area contributed by atoms with Crippen LogP contribution in [0, 0.1) is 0 Å². The van der Waals surface area contributed by atoms with E-state index >= 15 is 0 Å². The third-order valence-corrected chi connectivity index (χ3v) is 10.6. The lowest BCUT2D eigenvalue weighted by Crippen LogP contribution is -2.64. The fourth-order valence-electron chi connectivity index (χ4n) is 6.12. The molecule has 0 amide bonds. The van der Waals surface area contributed by atoms with Crippen molar-refractivity contribution >= 4 is 19.8 Å². The Bertz CT molecular complexity index is 1190. The summed E-state index contributed by atoms with van der Waals surface area (Å²) in [5.41, 5.74) is 0. The molecule has 6 N–H and O–H groups in total. The normalized spacial score (nSPS) is 23.2. The molecule has 1 fully saturated rings. The highest BCUT2D eigenvalue weighted by Crippen LogP contribution is 2.47. The number of allylic oxidation sites excluding steroid dienone is 8. The van der Waals surface area contributed by atoms with Crippen molar-refractivity contribution in [1.29, 1.82) is 0 Å². The highest BCUT2D eigenvalue weighted by Gasteiger charge is 2.51. The SMILES string of the molecule is CCC/C=C\C/C=C\CCCCCCCC(=O)OCC(COP(=O)(O)OC1C(O)C(O)C(O)C(O)C1O)OC(=O)CCCCCCC/C=C\C/C=C\CCCCC. The minimum absolute atomic E-state index is 0.0760. The molecule has 0 bridgehead atoms. The number of aliphatic hydroxyl groups excluding tert-OH is 5. The van der Waals surface area contributed by atoms with Crippen LogP contribution in [0.5, 0.6) is 0 Å². The zero-order chi connectivity index (χ0) is 42.2. The number of ether oxygens (including phenoxy) is 2. The van der Waals surface area contributed by atoms with E-state index in [9.17, 15) is 44.6 Å². The van der Waals surface area contributed by atoms with Crippen LogP contribution in [0.15, 0.2) is 48.6 Å². The zero-order valence-corrected chi connectivity index (χ0v) is 35.5. The number of hydrogen-bond acceptors (Lipinski definition) is 12. The molecule has 0 aromatic heterocycles. The van der Waals surface area contributed by atoms with Crippen LogP contribution in [0.2, 0.25) is 0 Å². The molecule has 0 heterocycles. The number of unbranched alkanes of at least 4 members (excludes halogenated alkanes) is 14. The highest BCUT2D eigenvalue weighted by molar-refractivity contribution is 7.47. The van der Waals surface area contributed by atoms with E-state index in [1.54, 1.807) is 0 Å². The van der Waals surface area contributed by atoms with Crippen LogP contribution >= 0.6 is 7.82 Å². The zero-order valence-electron chi connectivity index (χ0n) is 34.6. The van der Waals surface area contributed by atoms with Crippen molar-refractivity contribution in [3.63, 3.8) is 0 Å². The van der Waals surface area contributed by atoms with Crippen LogP contribution in [-0.2, 0) is 32.7 Å². The molecule has 6 unspecified atom stereocenters. The third-order valence-electron chi connectivity index (χ3n) is 9.62. The Kier molecular flexibility index (Phi) is 31.2. The van der Waals surface area contributed by atoms with Gasteiger partial charge in [-0.2, -0.15) is 0 Å². The van der Waals surface area contributed by atoms with E-state index < -0.39 is 75.7 Å². The van der Waals surface area contributed by atoms with Crippen molar-refractivity contribution in [2.24, 2.45) is 0 Å². The Morgan fingerprint density at radius 3 is 1.49 bits per heavy atom. The van der Waals surface area contributed by atoms with Crippen molar-refractivity contribution in [2.45, 2.75) is 198 Å². The van der Waals surface area contributed by atoms with Gasteiger partial charge in [0, 0.05) is 12.8 Å². The van der Waals surface area contributed by atoms with Gasteiger partial charge >= 0.3 is 19.8 Å². The van der Waals surface area contributed by atoms with Crippen LogP contribution in [0.1, 0.15) is 155 Å². The number of phosphoric ester groups is 1. The molecule has 0 saturated heterocycles. The molecule has 1 saturated carbocycles. The van der Waals surface area contributed by atoms with Crippen molar-refractivity contribution < 1.29 is 63.1 Å². The number of phosphoric acid groups is 1. The molecular weight excluding hydrogens is 755 g/mol. The quantitative estimate of drug-likeness (QED) is 0.0160. The molecule has 330 valence electrons. The van der Waals surface area contributed by atoms with E-state index in [0.29, 0.717) is 12.8 Å². The molecule has 0 spiro atoms. The van der Waals surface area contributed by atoms with Crippen molar-refractivity contribution in [2.75, 3.05) is 13.2 Å². The van der Waals surface area contributed by atoms with Crippen LogP contribution in [0.25, 0.3) is 0 Å². The van der Waals surface area contributed by atoms with Gasteiger partial charge in [-0.05, 0) is 70.6 Å². The summed E-state index contributed by atoms with van der Waals surface area (Å²) in [5, 5.41) is 50.0. The van der Waals surface area contributed by atoms with E-state index in [1.165, 1.54) is 19.3 Å². The largest absolute Gasteiger partial charge is 0.472 e. The topological polar surface area (TPSA) is 210 Å². The van der Waals surface area contributed by atoms with Gasteiger partial charge in [-0.25, -0.2) is 4.57 Å². The first-order valence-electron chi connectivity index (χ1n) is 21.4. The van der Waals surface area contributed by atoms with Gasteiger partial charge in [0.15, 0.2) is 6.10 Å². The standard InChI is InChI=1S/C43H75O13P/c1-3-5-7-9-11-13-15-17-18-20-22-24-26-28-30-32-37(45)55-35(34-54-57(51,52)56-43-41(49)39(47)38(46)40(48)42(43)50)33-53-36(44)31-29-27-25-23-21-19-16-14-12-10-8-6-4-2/h8,10-11,13-14,16-18,35,38-43,46-50H,3-7,9,12,15,19-34H2,1-2H3,(H,51,52)/b10-8-,13-11-,16-14-,18-17-. The second-order valence-corrected chi connectivity index (χ2v) is 16.2. The number of rotatable bonds is 34. The van der Waals surface area contributed by atoms with Gasteiger partial charge in [-0.3, -0.25) is 18.6 Å². The third kappa shape index (κ3) is 26.5. The summed E-state index contributed by atoms with van der Waals surface area (Å²) in [4.78, 5) is 35.6. The average molecular weight is 831 g/mol. The average Bonchev–Trinajstić information content (AvgIpc) is 3.19. The van der Waals surface area contributed by atoms with E-state index in [4.69, 9.17) is 18.5 Å². The minimum atomic E-state index is -5.12. The van der Waals surface area contributed by atoms with Crippen LogP contribution in [0.3, 0.4) is 0 Å². The summed E-state index contributed by atoms with van der Waals surface area (Å²) in [7, 11) is -5.12. The molecule has 1 aliphatic carbocycles. The summed E-state index contributed by atoms with van der Waals surface area (Å²) in [6.45, 7) is 3.16. The number of carbonyl (C=O) groups excluding carboxylic acids is 2. The first-order chi connectivity index (χ1) is 27.4. The molecule has 13 nitrogen and oxygen atoms in total. The Morgan fingerprint density at radius 2 is 0.982 bits per heavy atom. The molecule has 0 radical (unpaired) electrons. The lowest BCUT2D eigenvalue weighted by Gasteiger charge is -2.41. The summed E-state index contributed by atoms with van der Waals surface area (Å²) in [6, 6.07) is 0. The summed E-state index contributed by atoms with van der Waals surface area (Å²) >= 11 is 0. The van der Waals surface area contributed by atoms with Crippen molar-refractivity contribution in [3.8, 4) is 0 Å². The van der Waals surface area contributed by atoms with Gasteiger partial charge in [0.05, 0.1) is 6.61 Å². The first-order valence-corrected chi connectivity index (χ1v) is 22.9.